The Morgan fingerprint density at radius 2 is 1.57 bits per heavy atom. The molecule has 108 valence electrons. The molecule has 0 fully saturated rings. The van der Waals surface area contributed by atoms with Crippen LogP contribution in [0.2, 0.25) is 0 Å². The lowest BCUT2D eigenvalue weighted by atomic mass is 9.96. The summed E-state index contributed by atoms with van der Waals surface area (Å²) in [7, 11) is 0. The molecule has 2 N–H and O–H groups in total. The molecule has 0 spiro atoms. The second-order valence-corrected chi connectivity index (χ2v) is 5.93. The number of fused-ring (bicyclic) bond motifs is 1. The summed E-state index contributed by atoms with van der Waals surface area (Å²) in [6, 6.07) is 12.4. The molecular weight excluding hydrogens is 258 g/mol. The van der Waals surface area contributed by atoms with Gasteiger partial charge in [-0.15, -0.1) is 0 Å². The number of aryl methyl sites for hydroxylation is 4. The molecule has 0 amide bonds. The van der Waals surface area contributed by atoms with E-state index in [-0.39, 0.29) is 6.04 Å². The molecular formula is C19H21NO. The van der Waals surface area contributed by atoms with Gasteiger partial charge in [0.25, 0.3) is 0 Å². The number of hydrogen-bond donors (Lipinski definition) is 1. The first-order valence-electron chi connectivity index (χ1n) is 7.29. The normalized spacial score (nSPS) is 12.8. The van der Waals surface area contributed by atoms with Gasteiger partial charge in [-0.2, -0.15) is 0 Å². The van der Waals surface area contributed by atoms with Crippen LogP contribution in [0.15, 0.2) is 40.8 Å². The maximum atomic E-state index is 6.50. The molecule has 1 atom stereocenters. The summed E-state index contributed by atoms with van der Waals surface area (Å²) in [5, 5.41) is 1.16. The first-order valence-corrected chi connectivity index (χ1v) is 7.29. The van der Waals surface area contributed by atoms with Gasteiger partial charge in [0.2, 0.25) is 0 Å². The molecule has 0 aliphatic rings. The van der Waals surface area contributed by atoms with Gasteiger partial charge in [0.05, 0.1) is 6.04 Å². The molecule has 2 heteroatoms. The summed E-state index contributed by atoms with van der Waals surface area (Å²) in [4.78, 5) is 0. The van der Waals surface area contributed by atoms with Gasteiger partial charge >= 0.3 is 0 Å². The van der Waals surface area contributed by atoms with Crippen LogP contribution >= 0.6 is 0 Å². The van der Waals surface area contributed by atoms with Gasteiger partial charge in [-0.05, 0) is 51.0 Å². The van der Waals surface area contributed by atoms with Crippen LogP contribution in [0.3, 0.4) is 0 Å². The highest BCUT2D eigenvalue weighted by Gasteiger charge is 2.20. The summed E-state index contributed by atoms with van der Waals surface area (Å²) in [5.41, 5.74) is 13.3. The smallest absolute Gasteiger partial charge is 0.134 e. The fourth-order valence-corrected chi connectivity index (χ4v) is 2.89. The quantitative estimate of drug-likeness (QED) is 0.737. The Kier molecular flexibility index (Phi) is 3.34. The minimum atomic E-state index is -0.224. The predicted octanol–water partition coefficient (Wildman–Crippen LogP) is 4.71. The third kappa shape index (κ3) is 2.36. The van der Waals surface area contributed by atoms with E-state index in [2.05, 4.69) is 58.0 Å². The van der Waals surface area contributed by atoms with Crippen molar-refractivity contribution < 1.29 is 4.42 Å². The Hall–Kier alpha value is -2.06. The summed E-state index contributed by atoms with van der Waals surface area (Å²) in [6.45, 7) is 8.36. The van der Waals surface area contributed by atoms with Gasteiger partial charge < -0.3 is 10.2 Å². The average Bonchev–Trinajstić information content (AvgIpc) is 2.78. The summed E-state index contributed by atoms with van der Waals surface area (Å²) in [6.07, 6.45) is 0. The molecule has 1 heterocycles. The molecule has 0 aliphatic heterocycles. The molecule has 2 aromatic carbocycles. The second kappa shape index (κ2) is 5.05. The molecule has 0 bridgehead atoms. The fourth-order valence-electron chi connectivity index (χ4n) is 2.89. The molecule has 0 radical (unpaired) electrons. The number of furan rings is 1. The molecule has 0 aliphatic carbocycles. The van der Waals surface area contributed by atoms with Crippen molar-refractivity contribution in [2.24, 2.45) is 5.73 Å². The standard InChI is InChI=1S/C19H21NO/c1-11-5-7-13(3)15(9-11)18(20)19-14(4)16-10-12(2)6-8-17(16)21-19/h5-10,18H,20H2,1-4H3. The number of nitrogens with two attached hydrogens (primary N) is 1. The first-order chi connectivity index (χ1) is 9.97. The maximum Gasteiger partial charge on any atom is 0.134 e. The zero-order valence-electron chi connectivity index (χ0n) is 13.0. The Bertz CT molecular complexity index is 814. The summed E-state index contributed by atoms with van der Waals surface area (Å²) >= 11 is 0. The molecule has 3 rings (SSSR count). The lowest BCUT2D eigenvalue weighted by molar-refractivity contribution is 0.520. The zero-order chi connectivity index (χ0) is 15.1. The van der Waals surface area contributed by atoms with Gasteiger partial charge in [-0.1, -0.05) is 35.4 Å². The molecule has 0 saturated heterocycles. The second-order valence-electron chi connectivity index (χ2n) is 5.93. The van der Waals surface area contributed by atoms with Crippen molar-refractivity contribution >= 4 is 11.0 Å². The van der Waals surface area contributed by atoms with E-state index in [1.165, 1.54) is 16.7 Å². The Morgan fingerprint density at radius 3 is 2.33 bits per heavy atom. The Labute approximate surface area is 125 Å². The largest absolute Gasteiger partial charge is 0.459 e. The lowest BCUT2D eigenvalue weighted by Crippen LogP contribution is -2.13. The van der Waals surface area contributed by atoms with Crippen LogP contribution in [-0.4, -0.2) is 0 Å². The van der Waals surface area contributed by atoms with Crippen LogP contribution in [0.1, 0.15) is 39.6 Å². The van der Waals surface area contributed by atoms with Crippen molar-refractivity contribution in [3.05, 3.63) is 70.0 Å². The first kappa shape index (κ1) is 13.9. The number of rotatable bonds is 2. The van der Waals surface area contributed by atoms with E-state index >= 15 is 0 Å². The highest BCUT2D eigenvalue weighted by molar-refractivity contribution is 5.83. The van der Waals surface area contributed by atoms with Crippen molar-refractivity contribution in [2.45, 2.75) is 33.7 Å². The number of benzene rings is 2. The molecule has 3 aromatic rings. The third-order valence-electron chi connectivity index (χ3n) is 4.18. The van der Waals surface area contributed by atoms with Gasteiger partial charge in [0, 0.05) is 10.9 Å². The molecule has 1 unspecified atom stereocenters. The van der Waals surface area contributed by atoms with Crippen LogP contribution in [0, 0.1) is 27.7 Å². The van der Waals surface area contributed by atoms with Gasteiger partial charge in [-0.3, -0.25) is 0 Å². The molecule has 2 nitrogen and oxygen atoms in total. The van der Waals surface area contributed by atoms with Crippen LogP contribution in [-0.2, 0) is 0 Å². The third-order valence-corrected chi connectivity index (χ3v) is 4.18. The van der Waals surface area contributed by atoms with E-state index in [0.717, 1.165) is 27.9 Å². The van der Waals surface area contributed by atoms with Crippen molar-refractivity contribution in [1.82, 2.24) is 0 Å². The highest BCUT2D eigenvalue weighted by atomic mass is 16.3. The van der Waals surface area contributed by atoms with Crippen LogP contribution in [0.25, 0.3) is 11.0 Å². The van der Waals surface area contributed by atoms with E-state index in [0.29, 0.717) is 0 Å². The fraction of sp³-hybridized carbons (Fsp3) is 0.263. The van der Waals surface area contributed by atoms with E-state index in [1.807, 2.05) is 6.07 Å². The average molecular weight is 279 g/mol. The Balaban J connectivity index is 2.15. The molecule has 0 saturated carbocycles. The van der Waals surface area contributed by atoms with Crippen molar-refractivity contribution in [1.29, 1.82) is 0 Å². The summed E-state index contributed by atoms with van der Waals surface area (Å²) in [5.74, 6) is 0.865. The van der Waals surface area contributed by atoms with Gasteiger partial charge in [-0.25, -0.2) is 0 Å². The van der Waals surface area contributed by atoms with Crippen molar-refractivity contribution in [3.63, 3.8) is 0 Å². The van der Waals surface area contributed by atoms with Gasteiger partial charge in [0.1, 0.15) is 11.3 Å². The van der Waals surface area contributed by atoms with Crippen LogP contribution < -0.4 is 5.73 Å². The Morgan fingerprint density at radius 1 is 0.905 bits per heavy atom. The monoisotopic (exact) mass is 279 g/mol. The van der Waals surface area contributed by atoms with E-state index in [1.54, 1.807) is 0 Å². The SMILES string of the molecule is Cc1ccc(C)c(C(N)c2oc3ccc(C)cc3c2C)c1. The topological polar surface area (TPSA) is 39.2 Å². The highest BCUT2D eigenvalue weighted by Crippen LogP contribution is 2.33. The maximum absolute atomic E-state index is 6.50. The van der Waals surface area contributed by atoms with Crippen LogP contribution in [0.5, 0.6) is 0 Å². The lowest BCUT2D eigenvalue weighted by Gasteiger charge is -2.14. The van der Waals surface area contributed by atoms with E-state index in [9.17, 15) is 0 Å². The van der Waals surface area contributed by atoms with E-state index in [4.69, 9.17) is 10.2 Å². The predicted molar refractivity (Wildman–Crippen MR) is 87.6 cm³/mol. The number of hydrogen-bond acceptors (Lipinski definition) is 2. The van der Waals surface area contributed by atoms with Crippen molar-refractivity contribution in [3.8, 4) is 0 Å². The summed E-state index contributed by atoms with van der Waals surface area (Å²) < 4.78 is 6.04. The van der Waals surface area contributed by atoms with Gasteiger partial charge in [0.15, 0.2) is 0 Å². The van der Waals surface area contributed by atoms with Crippen LogP contribution in [0.4, 0.5) is 0 Å². The molecule has 1 aromatic heterocycles. The molecule has 21 heavy (non-hydrogen) atoms. The minimum absolute atomic E-state index is 0.224. The van der Waals surface area contributed by atoms with E-state index < -0.39 is 0 Å². The minimum Gasteiger partial charge on any atom is -0.459 e. The van der Waals surface area contributed by atoms with Crippen molar-refractivity contribution in [2.75, 3.05) is 0 Å². The zero-order valence-corrected chi connectivity index (χ0v) is 13.0.